The van der Waals surface area contributed by atoms with Crippen molar-refractivity contribution in [3.8, 4) is 0 Å². The Balaban J connectivity index is 2.11. The number of aromatic nitrogens is 2. The van der Waals surface area contributed by atoms with Gasteiger partial charge in [-0.2, -0.15) is 0 Å². The molecule has 2 N–H and O–H groups in total. The van der Waals surface area contributed by atoms with E-state index in [9.17, 15) is 4.79 Å². The van der Waals surface area contributed by atoms with Crippen molar-refractivity contribution in [2.24, 2.45) is 0 Å². The number of carboxylic acid groups (broad SMARTS) is 1. The molecule has 6 heteroatoms. The number of anilines is 1. The zero-order valence-electron chi connectivity index (χ0n) is 11.4. The van der Waals surface area contributed by atoms with Gasteiger partial charge in [-0.25, -0.2) is 9.97 Å². The molecule has 3 rings (SSSR count). The van der Waals surface area contributed by atoms with E-state index in [-0.39, 0.29) is 6.54 Å². The summed E-state index contributed by atoms with van der Waals surface area (Å²) in [6, 6.07) is 0. The molecule has 0 saturated heterocycles. The molecule has 0 atom stereocenters. The molecule has 106 valence electrons. The average Bonchev–Trinajstić information content (AvgIpc) is 2.58. The minimum absolute atomic E-state index is 0.115. The number of fused-ring (bicyclic) bond motifs is 3. The van der Waals surface area contributed by atoms with Gasteiger partial charge in [0.25, 0.3) is 0 Å². The molecule has 0 radical (unpaired) electrons. The zero-order chi connectivity index (χ0) is 14.1. The van der Waals surface area contributed by atoms with Gasteiger partial charge in [-0.1, -0.05) is 6.42 Å². The molecule has 2 aromatic rings. The Labute approximate surface area is 121 Å². The van der Waals surface area contributed by atoms with E-state index in [4.69, 9.17) is 5.11 Å². The molecule has 2 aromatic heterocycles. The largest absolute Gasteiger partial charge is 0.480 e. The lowest BCUT2D eigenvalue weighted by atomic mass is 10.1. The van der Waals surface area contributed by atoms with E-state index in [0.717, 1.165) is 23.1 Å². The van der Waals surface area contributed by atoms with Crippen molar-refractivity contribution in [1.82, 2.24) is 9.97 Å². The van der Waals surface area contributed by atoms with Crippen molar-refractivity contribution >= 4 is 33.3 Å². The molecule has 0 spiro atoms. The number of hydrogen-bond acceptors (Lipinski definition) is 5. The van der Waals surface area contributed by atoms with Crippen LogP contribution in [-0.2, 0) is 17.6 Å². The molecular formula is C14H17N3O2S. The Kier molecular flexibility index (Phi) is 3.56. The van der Waals surface area contributed by atoms with Crippen molar-refractivity contribution in [1.29, 1.82) is 0 Å². The van der Waals surface area contributed by atoms with Gasteiger partial charge in [-0.3, -0.25) is 4.79 Å². The second-order valence-electron chi connectivity index (χ2n) is 5.11. The molecular weight excluding hydrogens is 274 g/mol. The normalized spacial score (nSPS) is 14.8. The molecule has 0 amide bonds. The van der Waals surface area contributed by atoms with Gasteiger partial charge in [0.15, 0.2) is 0 Å². The smallest absolute Gasteiger partial charge is 0.322 e. The minimum Gasteiger partial charge on any atom is -0.480 e. The van der Waals surface area contributed by atoms with Crippen LogP contribution in [0.1, 0.15) is 35.5 Å². The molecule has 2 heterocycles. The third-order valence-corrected chi connectivity index (χ3v) is 4.77. The fourth-order valence-corrected chi connectivity index (χ4v) is 4.03. The summed E-state index contributed by atoms with van der Waals surface area (Å²) in [7, 11) is 0. The van der Waals surface area contributed by atoms with Crippen molar-refractivity contribution < 1.29 is 9.90 Å². The van der Waals surface area contributed by atoms with Crippen LogP contribution in [0.5, 0.6) is 0 Å². The molecule has 5 nitrogen and oxygen atoms in total. The first-order chi connectivity index (χ1) is 9.65. The summed E-state index contributed by atoms with van der Waals surface area (Å²) in [4.78, 5) is 22.1. The van der Waals surface area contributed by atoms with E-state index in [1.807, 2.05) is 6.92 Å². The number of aryl methyl sites for hydroxylation is 3. The van der Waals surface area contributed by atoms with Crippen LogP contribution in [-0.4, -0.2) is 27.6 Å². The fraction of sp³-hybridized carbons (Fsp3) is 0.500. The first-order valence-electron chi connectivity index (χ1n) is 6.89. The van der Waals surface area contributed by atoms with Crippen molar-refractivity contribution in [3.05, 3.63) is 16.3 Å². The Bertz CT molecular complexity index is 666. The van der Waals surface area contributed by atoms with Gasteiger partial charge in [0.2, 0.25) is 0 Å². The summed E-state index contributed by atoms with van der Waals surface area (Å²) < 4.78 is 0. The number of rotatable bonds is 3. The van der Waals surface area contributed by atoms with Gasteiger partial charge in [0, 0.05) is 4.88 Å². The summed E-state index contributed by atoms with van der Waals surface area (Å²) in [5.74, 6) is 0.479. The second kappa shape index (κ2) is 5.36. The van der Waals surface area contributed by atoms with E-state index in [1.165, 1.54) is 29.7 Å². The van der Waals surface area contributed by atoms with Crippen LogP contribution < -0.4 is 5.32 Å². The highest BCUT2D eigenvalue weighted by Gasteiger charge is 2.19. The van der Waals surface area contributed by atoms with Crippen LogP contribution in [0.15, 0.2) is 0 Å². The van der Waals surface area contributed by atoms with Crippen LogP contribution in [0.3, 0.4) is 0 Å². The first-order valence-corrected chi connectivity index (χ1v) is 7.71. The molecule has 0 saturated carbocycles. The van der Waals surface area contributed by atoms with Crippen molar-refractivity contribution in [2.75, 3.05) is 11.9 Å². The Morgan fingerprint density at radius 3 is 2.90 bits per heavy atom. The number of aliphatic carboxylic acids is 1. The maximum absolute atomic E-state index is 10.8. The van der Waals surface area contributed by atoms with E-state index in [1.54, 1.807) is 11.3 Å². The number of carboxylic acids is 1. The van der Waals surface area contributed by atoms with E-state index >= 15 is 0 Å². The van der Waals surface area contributed by atoms with Gasteiger partial charge in [0.1, 0.15) is 23.0 Å². The summed E-state index contributed by atoms with van der Waals surface area (Å²) in [6.45, 7) is 1.73. The minimum atomic E-state index is -0.879. The fourth-order valence-electron chi connectivity index (χ4n) is 2.73. The summed E-state index contributed by atoms with van der Waals surface area (Å²) in [5, 5.41) is 12.8. The lowest BCUT2D eigenvalue weighted by Gasteiger charge is -2.07. The summed E-state index contributed by atoms with van der Waals surface area (Å²) in [6.07, 6.45) is 5.82. The van der Waals surface area contributed by atoms with Gasteiger partial charge in [-0.15, -0.1) is 11.3 Å². The lowest BCUT2D eigenvalue weighted by molar-refractivity contribution is -0.134. The molecule has 0 unspecified atom stereocenters. The molecule has 0 fully saturated rings. The predicted octanol–water partition coefficient (Wildman–Crippen LogP) is 2.77. The monoisotopic (exact) mass is 291 g/mol. The van der Waals surface area contributed by atoms with Crippen LogP contribution in [0.2, 0.25) is 0 Å². The van der Waals surface area contributed by atoms with Crippen LogP contribution in [0.4, 0.5) is 5.82 Å². The number of carbonyl (C=O) groups is 1. The predicted molar refractivity (Wildman–Crippen MR) is 79.5 cm³/mol. The highest BCUT2D eigenvalue weighted by atomic mass is 32.1. The number of nitrogens with one attached hydrogen (secondary N) is 1. The highest BCUT2D eigenvalue weighted by molar-refractivity contribution is 7.19. The van der Waals surface area contributed by atoms with E-state index < -0.39 is 5.97 Å². The van der Waals surface area contributed by atoms with E-state index in [0.29, 0.717) is 11.6 Å². The molecule has 1 aliphatic carbocycles. The molecule has 20 heavy (non-hydrogen) atoms. The van der Waals surface area contributed by atoms with Crippen molar-refractivity contribution in [2.45, 2.75) is 39.0 Å². The maximum atomic E-state index is 10.8. The molecule has 0 aromatic carbocycles. The van der Waals surface area contributed by atoms with Gasteiger partial charge in [-0.05, 0) is 38.2 Å². The topological polar surface area (TPSA) is 75.1 Å². The van der Waals surface area contributed by atoms with Crippen LogP contribution in [0, 0.1) is 6.92 Å². The first kappa shape index (κ1) is 13.3. The summed E-state index contributed by atoms with van der Waals surface area (Å²) >= 11 is 1.74. The standard InChI is InChI=1S/C14H17N3O2S/c1-8-16-13(15-7-11(18)19)12-9-5-3-2-4-6-10(9)20-14(12)17-8/h2-7H2,1H3,(H,18,19)(H,15,16,17). The Morgan fingerprint density at radius 1 is 1.30 bits per heavy atom. The zero-order valence-corrected chi connectivity index (χ0v) is 12.2. The maximum Gasteiger partial charge on any atom is 0.322 e. The summed E-state index contributed by atoms with van der Waals surface area (Å²) in [5.41, 5.74) is 1.33. The Hall–Kier alpha value is -1.69. The molecule has 0 bridgehead atoms. The highest BCUT2D eigenvalue weighted by Crippen LogP contribution is 2.37. The SMILES string of the molecule is Cc1nc(NCC(=O)O)c2c3c(sc2n1)CCCCC3. The average molecular weight is 291 g/mol. The van der Waals surface area contributed by atoms with E-state index in [2.05, 4.69) is 15.3 Å². The van der Waals surface area contributed by atoms with Gasteiger partial charge < -0.3 is 10.4 Å². The molecule has 1 aliphatic rings. The number of nitrogens with zero attached hydrogens (tertiary/aromatic N) is 2. The van der Waals surface area contributed by atoms with Crippen LogP contribution >= 0.6 is 11.3 Å². The van der Waals surface area contributed by atoms with Crippen molar-refractivity contribution in [3.63, 3.8) is 0 Å². The second-order valence-corrected chi connectivity index (χ2v) is 6.19. The lowest BCUT2D eigenvalue weighted by Crippen LogP contribution is -2.14. The van der Waals surface area contributed by atoms with Gasteiger partial charge in [0.05, 0.1) is 5.39 Å². The molecule has 0 aliphatic heterocycles. The third kappa shape index (κ3) is 2.47. The quantitative estimate of drug-likeness (QED) is 0.850. The van der Waals surface area contributed by atoms with Gasteiger partial charge >= 0.3 is 5.97 Å². The number of thiophene rings is 1. The third-order valence-electron chi connectivity index (χ3n) is 3.58. The Morgan fingerprint density at radius 2 is 2.10 bits per heavy atom. The van der Waals surface area contributed by atoms with Crippen LogP contribution in [0.25, 0.3) is 10.2 Å². The number of hydrogen-bond donors (Lipinski definition) is 2.